The Kier molecular flexibility index (Phi) is 3.57. The van der Waals surface area contributed by atoms with Crippen LogP contribution in [-0.2, 0) is 4.79 Å². The van der Waals surface area contributed by atoms with E-state index in [9.17, 15) is 9.18 Å². The van der Waals surface area contributed by atoms with Crippen LogP contribution >= 0.6 is 0 Å². The van der Waals surface area contributed by atoms with Crippen LogP contribution in [0.15, 0.2) is 24.3 Å². The molecule has 0 fully saturated rings. The van der Waals surface area contributed by atoms with Crippen molar-refractivity contribution in [1.29, 1.82) is 0 Å². The lowest BCUT2D eigenvalue weighted by atomic mass is 9.74. The van der Waals surface area contributed by atoms with E-state index in [0.717, 1.165) is 0 Å². The van der Waals surface area contributed by atoms with Crippen molar-refractivity contribution in [2.45, 2.75) is 33.2 Å². The zero-order valence-electron chi connectivity index (χ0n) is 10.7. The lowest BCUT2D eigenvalue weighted by Gasteiger charge is -2.36. The van der Waals surface area contributed by atoms with Crippen molar-refractivity contribution in [3.8, 4) is 0 Å². The number of rotatable bonds is 3. The van der Waals surface area contributed by atoms with Gasteiger partial charge in [0.15, 0.2) is 0 Å². The molecule has 1 amide bonds. The summed E-state index contributed by atoms with van der Waals surface area (Å²) in [5.41, 5.74) is 4.99. The number of anilines is 1. The molecule has 1 rings (SSSR count). The molecule has 4 heteroatoms. The Bertz CT molecular complexity index is 422. The molecule has 3 N–H and O–H groups in total. The average Bonchev–Trinajstić information content (AvgIpc) is 2.15. The molecule has 0 heterocycles. The summed E-state index contributed by atoms with van der Waals surface area (Å²) in [5, 5.41) is 2.67. The summed E-state index contributed by atoms with van der Waals surface area (Å²) in [7, 11) is 0. The molecule has 1 aromatic carbocycles. The molecule has 94 valence electrons. The maximum atomic E-state index is 13.0. The predicted octanol–water partition coefficient (Wildman–Crippen LogP) is 2.53. The van der Waals surface area contributed by atoms with Crippen LogP contribution in [0.25, 0.3) is 0 Å². The van der Waals surface area contributed by atoms with Crippen molar-refractivity contribution in [3.63, 3.8) is 0 Å². The van der Waals surface area contributed by atoms with Crippen molar-refractivity contribution in [2.24, 2.45) is 11.1 Å². The molecule has 3 nitrogen and oxygen atoms in total. The number of carbonyl (C=O) groups is 1. The zero-order valence-corrected chi connectivity index (χ0v) is 10.7. The van der Waals surface area contributed by atoms with Crippen LogP contribution in [0, 0.1) is 11.2 Å². The minimum atomic E-state index is -0.751. The van der Waals surface area contributed by atoms with Crippen molar-refractivity contribution in [2.75, 3.05) is 5.32 Å². The Morgan fingerprint density at radius 1 is 1.29 bits per heavy atom. The number of carbonyl (C=O) groups excluding carboxylic acids is 1. The molecule has 17 heavy (non-hydrogen) atoms. The first-order valence-corrected chi connectivity index (χ1v) is 5.50. The van der Waals surface area contributed by atoms with Gasteiger partial charge in [0.25, 0.3) is 0 Å². The Morgan fingerprint density at radius 2 is 1.88 bits per heavy atom. The van der Waals surface area contributed by atoms with E-state index in [1.807, 2.05) is 0 Å². The van der Waals surface area contributed by atoms with E-state index in [-0.39, 0.29) is 11.7 Å². The standard InChI is InChI=1S/C13H19FN2O/c1-12(2,13(3,4)15)11(17)16-10-7-5-6-9(14)8-10/h5-8H,15H2,1-4H3,(H,16,17). The molecule has 0 bridgehead atoms. The Morgan fingerprint density at radius 3 is 2.35 bits per heavy atom. The maximum Gasteiger partial charge on any atom is 0.231 e. The summed E-state index contributed by atoms with van der Waals surface area (Å²) in [5.74, 6) is -0.608. The third-order valence-corrected chi connectivity index (χ3v) is 3.26. The third kappa shape index (κ3) is 3.03. The molecule has 0 atom stereocenters. The Hall–Kier alpha value is -1.42. The first-order chi connectivity index (χ1) is 7.64. The van der Waals surface area contributed by atoms with E-state index >= 15 is 0 Å². The van der Waals surface area contributed by atoms with E-state index in [1.165, 1.54) is 12.1 Å². The minimum Gasteiger partial charge on any atom is -0.325 e. The highest BCUT2D eigenvalue weighted by Gasteiger charge is 2.40. The van der Waals surface area contributed by atoms with Gasteiger partial charge < -0.3 is 11.1 Å². The predicted molar refractivity (Wildman–Crippen MR) is 67.1 cm³/mol. The highest BCUT2D eigenvalue weighted by Crippen LogP contribution is 2.29. The molecular weight excluding hydrogens is 219 g/mol. The molecule has 0 spiro atoms. The highest BCUT2D eigenvalue weighted by molar-refractivity contribution is 5.95. The van der Waals surface area contributed by atoms with Crippen molar-refractivity contribution in [1.82, 2.24) is 0 Å². The number of hydrogen-bond donors (Lipinski definition) is 2. The molecule has 0 aliphatic heterocycles. The fourth-order valence-corrected chi connectivity index (χ4v) is 1.15. The quantitative estimate of drug-likeness (QED) is 0.850. The topological polar surface area (TPSA) is 55.1 Å². The summed E-state index contributed by atoms with van der Waals surface area (Å²) < 4.78 is 13.0. The minimum absolute atomic E-state index is 0.226. The first kappa shape index (κ1) is 13.6. The average molecular weight is 238 g/mol. The van der Waals surface area contributed by atoms with Gasteiger partial charge in [-0.05, 0) is 45.9 Å². The number of halogens is 1. The van der Waals surface area contributed by atoms with Crippen LogP contribution in [0.2, 0.25) is 0 Å². The van der Waals surface area contributed by atoms with E-state index < -0.39 is 11.0 Å². The fourth-order valence-electron chi connectivity index (χ4n) is 1.15. The summed E-state index contributed by atoms with van der Waals surface area (Å²) in [6.07, 6.45) is 0. The Labute approximate surface area is 101 Å². The second-order valence-corrected chi connectivity index (χ2v) is 5.31. The van der Waals surface area contributed by atoms with Crippen LogP contribution in [0.3, 0.4) is 0 Å². The molecule has 0 unspecified atom stereocenters. The monoisotopic (exact) mass is 238 g/mol. The van der Waals surface area contributed by atoms with Crippen LogP contribution in [-0.4, -0.2) is 11.4 Å². The zero-order chi connectivity index (χ0) is 13.3. The molecule has 0 radical (unpaired) electrons. The molecule has 1 aromatic rings. The van der Waals surface area contributed by atoms with Crippen molar-refractivity contribution >= 4 is 11.6 Å². The summed E-state index contributed by atoms with van der Waals surface area (Å²) in [6, 6.07) is 5.79. The van der Waals surface area contributed by atoms with Gasteiger partial charge in [0, 0.05) is 11.2 Å². The molecule has 0 saturated heterocycles. The van der Waals surface area contributed by atoms with Gasteiger partial charge in [0.2, 0.25) is 5.91 Å². The van der Waals surface area contributed by atoms with E-state index in [2.05, 4.69) is 5.32 Å². The number of nitrogens with one attached hydrogen (secondary N) is 1. The molecule has 0 aromatic heterocycles. The van der Waals surface area contributed by atoms with Crippen molar-refractivity contribution in [3.05, 3.63) is 30.1 Å². The second-order valence-electron chi connectivity index (χ2n) is 5.31. The normalized spacial score (nSPS) is 12.4. The lowest BCUT2D eigenvalue weighted by molar-refractivity contribution is -0.126. The van der Waals surface area contributed by atoms with E-state index in [4.69, 9.17) is 5.73 Å². The van der Waals surface area contributed by atoms with Gasteiger partial charge in [-0.25, -0.2) is 4.39 Å². The highest BCUT2D eigenvalue weighted by atomic mass is 19.1. The first-order valence-electron chi connectivity index (χ1n) is 5.50. The van der Waals surface area contributed by atoms with Crippen LogP contribution in [0.1, 0.15) is 27.7 Å². The largest absolute Gasteiger partial charge is 0.325 e. The van der Waals surface area contributed by atoms with Gasteiger partial charge in [-0.3, -0.25) is 4.79 Å². The second kappa shape index (κ2) is 4.45. The number of hydrogen-bond acceptors (Lipinski definition) is 2. The lowest BCUT2D eigenvalue weighted by Crippen LogP contribution is -2.53. The summed E-state index contributed by atoms with van der Waals surface area (Å²) >= 11 is 0. The molecule has 0 aliphatic rings. The van der Waals surface area contributed by atoms with Gasteiger partial charge in [0.05, 0.1) is 5.41 Å². The van der Waals surface area contributed by atoms with Gasteiger partial charge >= 0.3 is 0 Å². The van der Waals surface area contributed by atoms with E-state index in [1.54, 1.807) is 39.8 Å². The smallest absolute Gasteiger partial charge is 0.231 e. The molecular formula is C13H19FN2O. The van der Waals surface area contributed by atoms with Gasteiger partial charge in [-0.1, -0.05) is 6.07 Å². The van der Waals surface area contributed by atoms with Crippen LogP contribution in [0.5, 0.6) is 0 Å². The third-order valence-electron chi connectivity index (χ3n) is 3.26. The molecule has 0 aliphatic carbocycles. The SMILES string of the molecule is CC(C)(N)C(C)(C)C(=O)Nc1cccc(F)c1. The van der Waals surface area contributed by atoms with Crippen molar-refractivity contribution < 1.29 is 9.18 Å². The molecule has 0 saturated carbocycles. The van der Waals surface area contributed by atoms with Crippen LogP contribution < -0.4 is 11.1 Å². The van der Waals surface area contributed by atoms with Gasteiger partial charge in [-0.15, -0.1) is 0 Å². The van der Waals surface area contributed by atoms with Crippen LogP contribution in [0.4, 0.5) is 10.1 Å². The van der Waals surface area contributed by atoms with E-state index in [0.29, 0.717) is 5.69 Å². The summed E-state index contributed by atoms with van der Waals surface area (Å²) in [4.78, 5) is 12.1. The van der Waals surface area contributed by atoms with Gasteiger partial charge in [-0.2, -0.15) is 0 Å². The Balaban J connectivity index is 2.87. The van der Waals surface area contributed by atoms with Gasteiger partial charge in [0.1, 0.15) is 5.82 Å². The fraction of sp³-hybridized carbons (Fsp3) is 0.462. The number of benzene rings is 1. The number of amides is 1. The summed E-state index contributed by atoms with van der Waals surface area (Å²) in [6.45, 7) is 7.11. The number of nitrogens with two attached hydrogens (primary N) is 1. The maximum absolute atomic E-state index is 13.0.